The van der Waals surface area contributed by atoms with Crippen molar-refractivity contribution in [2.75, 3.05) is 39.8 Å². The molecule has 0 radical (unpaired) electrons. The molecule has 0 bridgehead atoms. The molecule has 1 saturated heterocycles. The summed E-state index contributed by atoms with van der Waals surface area (Å²) in [5, 5.41) is 5.24. The van der Waals surface area contributed by atoms with Crippen LogP contribution in [0.4, 0.5) is 8.78 Å². The summed E-state index contributed by atoms with van der Waals surface area (Å²) in [4.78, 5) is 26.4. The number of hydrogen-bond acceptors (Lipinski definition) is 6. The zero-order valence-electron chi connectivity index (χ0n) is 16.7. The monoisotopic (exact) mass is 415 g/mol. The summed E-state index contributed by atoms with van der Waals surface area (Å²) in [7, 11) is 1.28. The topological polar surface area (TPSA) is 89.1 Å². The second-order valence-electron chi connectivity index (χ2n) is 6.79. The number of ether oxygens (including phenoxy) is 3. The van der Waals surface area contributed by atoms with Crippen molar-refractivity contribution in [2.45, 2.75) is 32.7 Å². The standard InChI is InChI=1S/C19H27F2N3O5/c1-12-10-24(11-13(2)28-12)7-6-22-17(25)9-23-18(26)14-4-5-15(29-19(20)21)16(8-14)27-3/h4-5,8,12-13,19H,6-7,9-11H2,1-3H3,(H,22,25)(H,23,26). The Balaban J connectivity index is 1.76. The van der Waals surface area contributed by atoms with E-state index in [4.69, 9.17) is 9.47 Å². The predicted octanol–water partition coefficient (Wildman–Crippen LogP) is 1.25. The summed E-state index contributed by atoms with van der Waals surface area (Å²) in [6.07, 6.45) is 0.312. The molecule has 1 heterocycles. The number of nitrogens with zero attached hydrogens (tertiary/aromatic N) is 1. The minimum absolute atomic E-state index is 0.00336. The lowest BCUT2D eigenvalue weighted by atomic mass is 10.2. The summed E-state index contributed by atoms with van der Waals surface area (Å²) < 4.78 is 39.6. The number of carbonyl (C=O) groups excluding carboxylic acids is 2. The lowest BCUT2D eigenvalue weighted by molar-refractivity contribution is -0.120. The molecule has 8 nitrogen and oxygen atoms in total. The molecular weight excluding hydrogens is 388 g/mol. The van der Waals surface area contributed by atoms with Gasteiger partial charge in [-0.05, 0) is 32.0 Å². The van der Waals surface area contributed by atoms with E-state index in [1.807, 2.05) is 13.8 Å². The molecule has 162 valence electrons. The fourth-order valence-electron chi connectivity index (χ4n) is 3.15. The Labute approximate surface area is 168 Å². The summed E-state index contributed by atoms with van der Waals surface area (Å²) in [5.74, 6) is -1.03. The molecule has 1 fully saturated rings. The number of carbonyl (C=O) groups is 2. The second kappa shape index (κ2) is 10.9. The van der Waals surface area contributed by atoms with Gasteiger partial charge in [0.15, 0.2) is 11.5 Å². The second-order valence-corrected chi connectivity index (χ2v) is 6.79. The van der Waals surface area contributed by atoms with Gasteiger partial charge in [-0.1, -0.05) is 0 Å². The van der Waals surface area contributed by atoms with E-state index in [1.54, 1.807) is 0 Å². The highest BCUT2D eigenvalue weighted by atomic mass is 19.3. The summed E-state index contributed by atoms with van der Waals surface area (Å²) in [6.45, 7) is 3.59. The molecule has 2 N–H and O–H groups in total. The molecule has 10 heteroatoms. The molecular formula is C19H27F2N3O5. The van der Waals surface area contributed by atoms with Crippen LogP contribution in [0.2, 0.25) is 0 Å². The highest BCUT2D eigenvalue weighted by Gasteiger charge is 2.21. The maximum absolute atomic E-state index is 12.4. The van der Waals surface area contributed by atoms with Gasteiger partial charge in [0.25, 0.3) is 5.91 Å². The van der Waals surface area contributed by atoms with Crippen molar-refractivity contribution in [3.63, 3.8) is 0 Å². The molecule has 1 aliphatic heterocycles. The van der Waals surface area contributed by atoms with E-state index >= 15 is 0 Å². The van der Waals surface area contributed by atoms with Crippen molar-refractivity contribution in [3.05, 3.63) is 23.8 Å². The molecule has 1 aromatic rings. The van der Waals surface area contributed by atoms with E-state index in [0.717, 1.165) is 13.1 Å². The molecule has 1 aliphatic rings. The van der Waals surface area contributed by atoms with Gasteiger partial charge >= 0.3 is 6.61 Å². The highest BCUT2D eigenvalue weighted by molar-refractivity contribution is 5.97. The van der Waals surface area contributed by atoms with Crippen molar-refractivity contribution < 1.29 is 32.6 Å². The van der Waals surface area contributed by atoms with Gasteiger partial charge in [0.1, 0.15) is 0 Å². The van der Waals surface area contributed by atoms with Crippen LogP contribution in [0.15, 0.2) is 18.2 Å². The van der Waals surface area contributed by atoms with Gasteiger partial charge < -0.3 is 24.8 Å². The number of hydrogen-bond donors (Lipinski definition) is 2. The van der Waals surface area contributed by atoms with Crippen LogP contribution >= 0.6 is 0 Å². The molecule has 2 atom stereocenters. The van der Waals surface area contributed by atoms with E-state index < -0.39 is 12.5 Å². The van der Waals surface area contributed by atoms with E-state index in [0.29, 0.717) is 13.1 Å². The first kappa shape index (κ1) is 22.8. The largest absolute Gasteiger partial charge is 0.493 e. The third-order valence-corrected chi connectivity index (χ3v) is 4.30. The molecule has 0 spiro atoms. The number of methoxy groups -OCH3 is 1. The van der Waals surface area contributed by atoms with Gasteiger partial charge in [-0.25, -0.2) is 0 Å². The van der Waals surface area contributed by atoms with Crippen LogP contribution in [0, 0.1) is 0 Å². The average Bonchev–Trinajstić information content (AvgIpc) is 2.65. The van der Waals surface area contributed by atoms with E-state index in [1.165, 1.54) is 25.3 Å². The van der Waals surface area contributed by atoms with Gasteiger partial charge in [-0.15, -0.1) is 0 Å². The smallest absolute Gasteiger partial charge is 0.387 e. The molecule has 1 aromatic carbocycles. The first-order chi connectivity index (χ1) is 13.8. The van der Waals surface area contributed by atoms with Crippen molar-refractivity contribution in [3.8, 4) is 11.5 Å². The lowest BCUT2D eigenvalue weighted by Gasteiger charge is -2.35. The number of amides is 2. The highest BCUT2D eigenvalue weighted by Crippen LogP contribution is 2.29. The van der Waals surface area contributed by atoms with Crippen LogP contribution in [0.25, 0.3) is 0 Å². The molecule has 0 aliphatic carbocycles. The lowest BCUT2D eigenvalue weighted by Crippen LogP contribution is -2.48. The Morgan fingerprint density at radius 2 is 1.90 bits per heavy atom. The first-order valence-corrected chi connectivity index (χ1v) is 9.34. The summed E-state index contributed by atoms with van der Waals surface area (Å²) >= 11 is 0. The number of benzene rings is 1. The third-order valence-electron chi connectivity index (χ3n) is 4.30. The Kier molecular flexibility index (Phi) is 8.59. The van der Waals surface area contributed by atoms with Crippen LogP contribution in [0.5, 0.6) is 11.5 Å². The Bertz CT molecular complexity index is 694. The third kappa shape index (κ3) is 7.47. The van der Waals surface area contributed by atoms with E-state index in [-0.39, 0.29) is 41.7 Å². The zero-order valence-corrected chi connectivity index (χ0v) is 16.7. The van der Waals surface area contributed by atoms with E-state index in [2.05, 4.69) is 20.3 Å². The van der Waals surface area contributed by atoms with Gasteiger partial charge in [0.2, 0.25) is 5.91 Å². The Hall–Kier alpha value is -2.46. The molecule has 0 saturated carbocycles. The SMILES string of the molecule is COc1cc(C(=O)NCC(=O)NCCN2CC(C)OC(C)C2)ccc1OC(F)F. The van der Waals surface area contributed by atoms with Gasteiger partial charge in [-0.2, -0.15) is 8.78 Å². The van der Waals surface area contributed by atoms with Crippen molar-refractivity contribution in [1.82, 2.24) is 15.5 Å². The van der Waals surface area contributed by atoms with Crippen molar-refractivity contribution in [2.24, 2.45) is 0 Å². The predicted molar refractivity (Wildman–Crippen MR) is 101 cm³/mol. The fraction of sp³-hybridized carbons (Fsp3) is 0.579. The number of nitrogens with one attached hydrogen (secondary N) is 2. The van der Waals surface area contributed by atoms with Crippen LogP contribution < -0.4 is 20.1 Å². The average molecular weight is 415 g/mol. The minimum Gasteiger partial charge on any atom is -0.493 e. The summed E-state index contributed by atoms with van der Waals surface area (Å²) in [5.41, 5.74) is 0.160. The van der Waals surface area contributed by atoms with E-state index in [9.17, 15) is 18.4 Å². The summed E-state index contributed by atoms with van der Waals surface area (Å²) in [6, 6.07) is 3.80. The Morgan fingerprint density at radius 3 is 2.52 bits per heavy atom. The van der Waals surface area contributed by atoms with Crippen LogP contribution in [-0.4, -0.2) is 75.4 Å². The van der Waals surface area contributed by atoms with Gasteiger partial charge in [0, 0.05) is 31.7 Å². The number of halogens is 2. The number of rotatable bonds is 9. The van der Waals surface area contributed by atoms with Crippen LogP contribution in [0.3, 0.4) is 0 Å². The quantitative estimate of drug-likeness (QED) is 0.631. The van der Waals surface area contributed by atoms with Gasteiger partial charge in [-0.3, -0.25) is 14.5 Å². The molecule has 2 unspecified atom stereocenters. The van der Waals surface area contributed by atoms with Crippen molar-refractivity contribution >= 4 is 11.8 Å². The molecule has 2 rings (SSSR count). The molecule has 2 amide bonds. The Morgan fingerprint density at radius 1 is 1.21 bits per heavy atom. The fourth-order valence-corrected chi connectivity index (χ4v) is 3.15. The maximum Gasteiger partial charge on any atom is 0.387 e. The number of morpholine rings is 1. The van der Waals surface area contributed by atoms with Crippen LogP contribution in [-0.2, 0) is 9.53 Å². The van der Waals surface area contributed by atoms with Crippen LogP contribution in [0.1, 0.15) is 24.2 Å². The number of alkyl halides is 2. The van der Waals surface area contributed by atoms with Gasteiger partial charge in [0.05, 0.1) is 25.9 Å². The zero-order chi connectivity index (χ0) is 21.4. The minimum atomic E-state index is -3.00. The van der Waals surface area contributed by atoms with Crippen molar-refractivity contribution in [1.29, 1.82) is 0 Å². The first-order valence-electron chi connectivity index (χ1n) is 9.34. The maximum atomic E-state index is 12.4. The molecule has 29 heavy (non-hydrogen) atoms. The normalized spacial score (nSPS) is 19.7. The molecule has 0 aromatic heterocycles.